The topological polar surface area (TPSA) is 72.7 Å². The highest BCUT2D eigenvalue weighted by Crippen LogP contribution is 2.17. The third-order valence-electron chi connectivity index (χ3n) is 3.98. The molecular formula is C19H15N5O. The summed E-state index contributed by atoms with van der Waals surface area (Å²) >= 11 is 0. The summed E-state index contributed by atoms with van der Waals surface area (Å²) in [6, 6.07) is 15.2. The highest BCUT2D eigenvalue weighted by molar-refractivity contribution is 6.06. The van der Waals surface area contributed by atoms with Crippen LogP contribution in [-0.4, -0.2) is 25.4 Å². The quantitative estimate of drug-likeness (QED) is 0.625. The van der Waals surface area contributed by atoms with Crippen LogP contribution in [0.5, 0.6) is 0 Å². The molecule has 0 radical (unpaired) electrons. The first-order valence-corrected chi connectivity index (χ1v) is 7.83. The monoisotopic (exact) mass is 329 g/mol. The summed E-state index contributed by atoms with van der Waals surface area (Å²) in [5, 5.41) is 4.94. The zero-order valence-corrected chi connectivity index (χ0v) is 13.5. The molecule has 2 aromatic carbocycles. The Balaban J connectivity index is 1.61. The lowest BCUT2D eigenvalue weighted by Crippen LogP contribution is -2.13. The maximum absolute atomic E-state index is 12.5. The number of imidazole rings is 1. The number of carbonyl (C=O) groups excluding carboxylic acids is 1. The Labute approximate surface area is 144 Å². The molecule has 122 valence electrons. The van der Waals surface area contributed by atoms with Crippen molar-refractivity contribution in [3.05, 3.63) is 78.6 Å². The molecule has 0 saturated carbocycles. The molecule has 0 spiro atoms. The fraction of sp³-hybridized carbons (Fsp3) is 0.0526. The molecule has 6 nitrogen and oxygen atoms in total. The van der Waals surface area contributed by atoms with Gasteiger partial charge in [0.2, 0.25) is 0 Å². The third-order valence-corrected chi connectivity index (χ3v) is 3.98. The summed E-state index contributed by atoms with van der Waals surface area (Å²) in [4.78, 5) is 25.1. The summed E-state index contributed by atoms with van der Waals surface area (Å²) < 4.78 is 1.83. The minimum atomic E-state index is -0.210. The molecule has 0 aliphatic heterocycles. The van der Waals surface area contributed by atoms with Crippen molar-refractivity contribution in [1.82, 2.24) is 19.5 Å². The number of amides is 1. The van der Waals surface area contributed by atoms with E-state index in [-0.39, 0.29) is 5.91 Å². The zero-order valence-electron chi connectivity index (χ0n) is 13.5. The Bertz CT molecular complexity index is 1070. The van der Waals surface area contributed by atoms with Gasteiger partial charge in [-0.25, -0.2) is 15.0 Å². The van der Waals surface area contributed by atoms with Gasteiger partial charge < -0.3 is 5.32 Å². The summed E-state index contributed by atoms with van der Waals surface area (Å²) in [5.74, 6) is 1.69. The summed E-state index contributed by atoms with van der Waals surface area (Å²) in [6.07, 6.45) is 4.93. The van der Waals surface area contributed by atoms with E-state index in [1.165, 1.54) is 6.33 Å². The van der Waals surface area contributed by atoms with Gasteiger partial charge >= 0.3 is 0 Å². The predicted molar refractivity (Wildman–Crippen MR) is 95.8 cm³/mol. The molecule has 0 bridgehead atoms. The van der Waals surface area contributed by atoms with Crippen LogP contribution in [0.4, 0.5) is 5.82 Å². The van der Waals surface area contributed by atoms with E-state index < -0.39 is 0 Å². The third kappa shape index (κ3) is 2.97. The van der Waals surface area contributed by atoms with Gasteiger partial charge in [0.05, 0.1) is 0 Å². The number of fused-ring (bicyclic) bond motifs is 1. The smallest absolute Gasteiger partial charge is 0.256 e. The first kappa shape index (κ1) is 15.0. The molecule has 2 aromatic heterocycles. The lowest BCUT2D eigenvalue weighted by molar-refractivity contribution is 0.102. The molecule has 1 N–H and O–H groups in total. The molecule has 0 fully saturated rings. The first-order chi connectivity index (χ1) is 12.2. The van der Waals surface area contributed by atoms with Crippen LogP contribution in [0.1, 0.15) is 16.2 Å². The van der Waals surface area contributed by atoms with Crippen molar-refractivity contribution in [2.75, 3.05) is 5.32 Å². The highest BCUT2D eigenvalue weighted by atomic mass is 16.1. The van der Waals surface area contributed by atoms with Crippen LogP contribution in [0.15, 0.2) is 67.3 Å². The number of carbonyl (C=O) groups is 1. The minimum Gasteiger partial charge on any atom is -0.306 e. The van der Waals surface area contributed by atoms with Gasteiger partial charge in [-0.1, -0.05) is 30.3 Å². The van der Waals surface area contributed by atoms with Gasteiger partial charge in [0.25, 0.3) is 5.91 Å². The summed E-state index contributed by atoms with van der Waals surface area (Å²) in [6.45, 7) is 1.88. The Morgan fingerprint density at radius 2 is 1.84 bits per heavy atom. The molecule has 0 atom stereocenters. The molecule has 0 saturated heterocycles. The standard InChI is InChI=1S/C19H15N5O/c1-13-20-8-9-24(13)18-11-17(21-12-22-18)23-19(25)16-7-6-14-4-2-3-5-15(14)10-16/h2-12H,1H3,(H,21,22,23,25). The number of nitrogens with zero attached hydrogens (tertiary/aromatic N) is 4. The lowest BCUT2D eigenvalue weighted by atomic mass is 10.1. The Morgan fingerprint density at radius 1 is 1.00 bits per heavy atom. The van der Waals surface area contributed by atoms with E-state index in [1.807, 2.05) is 54.1 Å². The average Bonchev–Trinajstić information content (AvgIpc) is 3.07. The van der Waals surface area contributed by atoms with Gasteiger partial charge in [-0.3, -0.25) is 9.36 Å². The highest BCUT2D eigenvalue weighted by Gasteiger charge is 2.09. The fourth-order valence-electron chi connectivity index (χ4n) is 2.69. The van der Waals surface area contributed by atoms with Gasteiger partial charge in [0.1, 0.15) is 23.8 Å². The van der Waals surface area contributed by atoms with Crippen LogP contribution in [-0.2, 0) is 0 Å². The SMILES string of the molecule is Cc1nccn1-c1cc(NC(=O)c2ccc3ccccc3c2)ncn1. The van der Waals surface area contributed by atoms with Gasteiger partial charge in [-0.15, -0.1) is 0 Å². The molecule has 6 heteroatoms. The number of aromatic nitrogens is 4. The largest absolute Gasteiger partial charge is 0.306 e. The van der Waals surface area contributed by atoms with Crippen LogP contribution in [0.25, 0.3) is 16.6 Å². The van der Waals surface area contributed by atoms with Crippen LogP contribution in [0.2, 0.25) is 0 Å². The average molecular weight is 329 g/mol. The van der Waals surface area contributed by atoms with E-state index in [4.69, 9.17) is 0 Å². The van der Waals surface area contributed by atoms with Crippen molar-refractivity contribution in [2.45, 2.75) is 6.92 Å². The Hall–Kier alpha value is -3.54. The Morgan fingerprint density at radius 3 is 2.64 bits per heavy atom. The van der Waals surface area contributed by atoms with Crippen LogP contribution in [0, 0.1) is 6.92 Å². The second kappa shape index (κ2) is 6.16. The molecule has 4 aromatic rings. The fourth-order valence-corrected chi connectivity index (χ4v) is 2.69. The molecule has 2 heterocycles. The number of hydrogen-bond acceptors (Lipinski definition) is 4. The molecule has 1 amide bonds. The van der Waals surface area contributed by atoms with Crippen LogP contribution in [0.3, 0.4) is 0 Å². The van der Waals surface area contributed by atoms with Gasteiger partial charge in [-0.05, 0) is 29.8 Å². The van der Waals surface area contributed by atoms with Gasteiger partial charge in [0, 0.05) is 24.0 Å². The first-order valence-electron chi connectivity index (χ1n) is 7.83. The van der Waals surface area contributed by atoms with Crippen molar-refractivity contribution in [3.63, 3.8) is 0 Å². The van der Waals surface area contributed by atoms with Crippen LogP contribution >= 0.6 is 0 Å². The number of benzene rings is 2. The van der Waals surface area contributed by atoms with Crippen LogP contribution < -0.4 is 5.32 Å². The lowest BCUT2D eigenvalue weighted by Gasteiger charge is -2.08. The second-order valence-corrected chi connectivity index (χ2v) is 5.62. The molecule has 0 aliphatic rings. The predicted octanol–water partition coefficient (Wildman–Crippen LogP) is 3.38. The second-order valence-electron chi connectivity index (χ2n) is 5.62. The number of nitrogens with one attached hydrogen (secondary N) is 1. The van der Waals surface area contributed by atoms with Crippen molar-refractivity contribution >= 4 is 22.5 Å². The van der Waals surface area contributed by atoms with E-state index in [1.54, 1.807) is 18.3 Å². The normalized spacial score (nSPS) is 10.8. The summed E-state index contributed by atoms with van der Waals surface area (Å²) in [7, 11) is 0. The number of aryl methyl sites for hydroxylation is 1. The van der Waals surface area contributed by atoms with Gasteiger partial charge in [0.15, 0.2) is 0 Å². The zero-order chi connectivity index (χ0) is 17.2. The minimum absolute atomic E-state index is 0.210. The van der Waals surface area contributed by atoms with E-state index >= 15 is 0 Å². The molecule has 25 heavy (non-hydrogen) atoms. The number of rotatable bonds is 3. The molecule has 0 unspecified atom stereocenters. The van der Waals surface area contributed by atoms with E-state index in [0.717, 1.165) is 16.6 Å². The number of anilines is 1. The van der Waals surface area contributed by atoms with Crippen molar-refractivity contribution in [3.8, 4) is 5.82 Å². The maximum atomic E-state index is 12.5. The maximum Gasteiger partial charge on any atom is 0.256 e. The van der Waals surface area contributed by atoms with E-state index in [2.05, 4.69) is 20.3 Å². The molecule has 4 rings (SSSR count). The van der Waals surface area contributed by atoms with E-state index in [0.29, 0.717) is 17.2 Å². The van der Waals surface area contributed by atoms with Crippen molar-refractivity contribution in [2.24, 2.45) is 0 Å². The van der Waals surface area contributed by atoms with E-state index in [9.17, 15) is 4.79 Å². The number of hydrogen-bond donors (Lipinski definition) is 1. The summed E-state index contributed by atoms with van der Waals surface area (Å²) in [5.41, 5.74) is 0.581. The van der Waals surface area contributed by atoms with Crippen molar-refractivity contribution in [1.29, 1.82) is 0 Å². The van der Waals surface area contributed by atoms with Crippen molar-refractivity contribution < 1.29 is 4.79 Å². The molecule has 0 aliphatic carbocycles. The van der Waals surface area contributed by atoms with Gasteiger partial charge in [-0.2, -0.15) is 0 Å². The molecular weight excluding hydrogens is 314 g/mol. The Kier molecular flexibility index (Phi) is 3.70.